The van der Waals surface area contributed by atoms with Gasteiger partial charge in [0.1, 0.15) is 11.9 Å². The summed E-state index contributed by atoms with van der Waals surface area (Å²) in [7, 11) is 0. The minimum absolute atomic E-state index is 0.485. The molecular formula is C11H22N2O3. The molecule has 0 radical (unpaired) electrons. The fourth-order valence-corrected chi connectivity index (χ4v) is 1.14. The van der Waals surface area contributed by atoms with E-state index >= 15 is 0 Å². The number of carbonyl (C=O) groups excluding carboxylic acids is 2. The molecule has 0 aromatic rings. The van der Waals surface area contributed by atoms with E-state index in [-0.39, 0.29) is 0 Å². The van der Waals surface area contributed by atoms with Gasteiger partial charge in [0, 0.05) is 0 Å². The van der Waals surface area contributed by atoms with Crippen LogP contribution in [-0.2, 0) is 9.53 Å². The third-order valence-corrected chi connectivity index (χ3v) is 1.84. The van der Waals surface area contributed by atoms with Crippen LogP contribution in [0.15, 0.2) is 0 Å². The Balaban J connectivity index is 3.92. The molecule has 3 N–H and O–H groups in total. The molecule has 0 heterocycles. The summed E-state index contributed by atoms with van der Waals surface area (Å²) in [6.45, 7) is 5.92. The van der Waals surface area contributed by atoms with Gasteiger partial charge in [0.05, 0.1) is 6.04 Å². The summed E-state index contributed by atoms with van der Waals surface area (Å²) < 4.78 is 5.04. The maximum atomic E-state index is 11.3. The Labute approximate surface area is 96.7 Å². The molecule has 0 aromatic heterocycles. The van der Waals surface area contributed by atoms with E-state index in [9.17, 15) is 9.59 Å². The lowest BCUT2D eigenvalue weighted by Crippen LogP contribution is -2.40. The molecule has 1 atom stereocenters. The summed E-state index contributed by atoms with van der Waals surface area (Å²) in [5, 5.41) is 2.51. The Kier molecular flexibility index (Phi) is 6.72. The molecule has 0 spiro atoms. The second-order valence-corrected chi connectivity index (χ2v) is 4.67. The van der Waals surface area contributed by atoms with Gasteiger partial charge in [0.15, 0.2) is 0 Å². The summed E-state index contributed by atoms with van der Waals surface area (Å²) in [5.74, 6) is 0. The first-order valence-corrected chi connectivity index (χ1v) is 5.54. The van der Waals surface area contributed by atoms with Gasteiger partial charge < -0.3 is 20.6 Å². The fourth-order valence-electron chi connectivity index (χ4n) is 1.14. The molecule has 0 saturated heterocycles. The molecule has 16 heavy (non-hydrogen) atoms. The van der Waals surface area contributed by atoms with Crippen molar-refractivity contribution in [1.29, 1.82) is 0 Å². The van der Waals surface area contributed by atoms with Crippen molar-refractivity contribution in [3.05, 3.63) is 0 Å². The number of unbranched alkanes of at least 4 members (excludes halogenated alkanes) is 1. The SMILES string of the molecule is CC(C)(C)OC(=O)NC(C=O)CCCCN. The number of nitrogens with one attached hydrogen (secondary N) is 1. The fraction of sp³-hybridized carbons (Fsp3) is 0.818. The summed E-state index contributed by atoms with van der Waals surface area (Å²) in [6, 6.07) is -0.485. The molecule has 0 fully saturated rings. The van der Waals surface area contributed by atoms with Crippen LogP contribution in [0.2, 0.25) is 0 Å². The quantitative estimate of drug-likeness (QED) is 0.531. The number of amides is 1. The molecule has 0 aliphatic rings. The second-order valence-electron chi connectivity index (χ2n) is 4.67. The molecule has 0 saturated carbocycles. The molecule has 5 nitrogen and oxygen atoms in total. The number of ether oxygens (including phenoxy) is 1. The van der Waals surface area contributed by atoms with Crippen LogP contribution in [0.5, 0.6) is 0 Å². The first-order valence-electron chi connectivity index (χ1n) is 5.54. The van der Waals surface area contributed by atoms with E-state index in [4.69, 9.17) is 10.5 Å². The smallest absolute Gasteiger partial charge is 0.408 e. The van der Waals surface area contributed by atoms with E-state index in [0.717, 1.165) is 19.1 Å². The van der Waals surface area contributed by atoms with Crippen molar-refractivity contribution in [2.45, 2.75) is 51.7 Å². The van der Waals surface area contributed by atoms with E-state index in [0.29, 0.717) is 13.0 Å². The normalized spacial score (nSPS) is 13.0. The van der Waals surface area contributed by atoms with Gasteiger partial charge in [-0.2, -0.15) is 0 Å². The van der Waals surface area contributed by atoms with E-state index < -0.39 is 17.7 Å². The molecule has 1 unspecified atom stereocenters. The zero-order valence-corrected chi connectivity index (χ0v) is 10.3. The third-order valence-electron chi connectivity index (χ3n) is 1.84. The number of nitrogens with two attached hydrogens (primary N) is 1. The lowest BCUT2D eigenvalue weighted by atomic mass is 10.1. The Morgan fingerprint density at radius 3 is 2.50 bits per heavy atom. The van der Waals surface area contributed by atoms with E-state index in [1.165, 1.54) is 0 Å². The Morgan fingerprint density at radius 2 is 2.06 bits per heavy atom. The lowest BCUT2D eigenvalue weighted by molar-refractivity contribution is -0.109. The Hall–Kier alpha value is -1.10. The Bertz CT molecular complexity index is 224. The first-order chi connectivity index (χ1) is 7.39. The highest BCUT2D eigenvalue weighted by Gasteiger charge is 2.18. The predicted molar refractivity (Wildman–Crippen MR) is 62.1 cm³/mol. The van der Waals surface area contributed by atoms with Gasteiger partial charge in [-0.05, 0) is 46.6 Å². The largest absolute Gasteiger partial charge is 0.444 e. The summed E-state index contributed by atoms with van der Waals surface area (Å²) in [4.78, 5) is 22.0. The van der Waals surface area contributed by atoms with Crippen LogP contribution in [0.4, 0.5) is 4.79 Å². The lowest BCUT2D eigenvalue weighted by Gasteiger charge is -2.21. The second kappa shape index (κ2) is 7.22. The average molecular weight is 230 g/mol. The standard InChI is InChI=1S/C11H22N2O3/c1-11(2,3)16-10(15)13-9(8-14)6-4-5-7-12/h8-9H,4-7,12H2,1-3H3,(H,13,15). The van der Waals surface area contributed by atoms with Gasteiger partial charge >= 0.3 is 6.09 Å². The van der Waals surface area contributed by atoms with E-state index in [1.807, 2.05) is 0 Å². The van der Waals surface area contributed by atoms with Crippen molar-refractivity contribution in [3.63, 3.8) is 0 Å². The summed E-state index contributed by atoms with van der Waals surface area (Å²) >= 11 is 0. The monoisotopic (exact) mass is 230 g/mol. The van der Waals surface area contributed by atoms with Gasteiger partial charge in [-0.15, -0.1) is 0 Å². The maximum Gasteiger partial charge on any atom is 0.408 e. The van der Waals surface area contributed by atoms with Crippen LogP contribution >= 0.6 is 0 Å². The summed E-state index contributed by atoms with van der Waals surface area (Å²) in [5.41, 5.74) is 4.79. The van der Waals surface area contributed by atoms with Crippen molar-refractivity contribution < 1.29 is 14.3 Å². The van der Waals surface area contributed by atoms with Crippen LogP contribution in [0, 0.1) is 0 Å². The predicted octanol–water partition coefficient (Wildman–Crippen LogP) is 1.21. The molecule has 94 valence electrons. The van der Waals surface area contributed by atoms with Crippen LogP contribution in [0.25, 0.3) is 0 Å². The zero-order valence-electron chi connectivity index (χ0n) is 10.3. The van der Waals surface area contributed by atoms with Gasteiger partial charge in [-0.3, -0.25) is 0 Å². The highest BCUT2D eigenvalue weighted by atomic mass is 16.6. The van der Waals surface area contributed by atoms with Crippen molar-refractivity contribution in [2.24, 2.45) is 5.73 Å². The average Bonchev–Trinajstić information content (AvgIpc) is 2.13. The highest BCUT2D eigenvalue weighted by molar-refractivity contribution is 5.73. The third kappa shape index (κ3) is 8.23. The van der Waals surface area contributed by atoms with Crippen LogP contribution in [0.3, 0.4) is 0 Å². The number of aldehydes is 1. The molecule has 0 aliphatic carbocycles. The van der Waals surface area contributed by atoms with Crippen LogP contribution in [0.1, 0.15) is 40.0 Å². The Morgan fingerprint density at radius 1 is 1.44 bits per heavy atom. The van der Waals surface area contributed by atoms with E-state index in [2.05, 4.69) is 5.32 Å². The van der Waals surface area contributed by atoms with Crippen LogP contribution < -0.4 is 11.1 Å². The molecule has 0 rings (SSSR count). The zero-order chi connectivity index (χ0) is 12.6. The number of carbonyl (C=O) groups is 2. The minimum atomic E-state index is -0.558. The maximum absolute atomic E-state index is 11.3. The highest BCUT2D eigenvalue weighted by Crippen LogP contribution is 2.07. The van der Waals surface area contributed by atoms with Gasteiger partial charge in [-0.1, -0.05) is 0 Å². The number of alkyl carbamates (subject to hydrolysis) is 1. The molecular weight excluding hydrogens is 208 g/mol. The van der Waals surface area contributed by atoms with Crippen molar-refractivity contribution in [1.82, 2.24) is 5.32 Å². The number of hydrogen-bond acceptors (Lipinski definition) is 4. The molecule has 0 bridgehead atoms. The molecule has 0 aliphatic heterocycles. The minimum Gasteiger partial charge on any atom is -0.444 e. The number of rotatable bonds is 6. The van der Waals surface area contributed by atoms with E-state index in [1.54, 1.807) is 20.8 Å². The first kappa shape index (κ1) is 14.9. The van der Waals surface area contributed by atoms with Crippen LogP contribution in [-0.4, -0.2) is 30.6 Å². The van der Waals surface area contributed by atoms with Crippen molar-refractivity contribution in [2.75, 3.05) is 6.54 Å². The van der Waals surface area contributed by atoms with Gasteiger partial charge in [0.25, 0.3) is 0 Å². The topological polar surface area (TPSA) is 81.4 Å². The molecule has 1 amide bonds. The van der Waals surface area contributed by atoms with Crippen molar-refractivity contribution in [3.8, 4) is 0 Å². The van der Waals surface area contributed by atoms with Crippen molar-refractivity contribution >= 4 is 12.4 Å². The molecule has 5 heteroatoms. The number of hydrogen-bond donors (Lipinski definition) is 2. The van der Waals surface area contributed by atoms with Gasteiger partial charge in [-0.25, -0.2) is 4.79 Å². The molecule has 0 aromatic carbocycles. The summed E-state index contributed by atoms with van der Waals surface area (Å²) in [6.07, 6.45) is 2.42. The van der Waals surface area contributed by atoms with Gasteiger partial charge in [0.2, 0.25) is 0 Å².